The second kappa shape index (κ2) is 5.28. The molecule has 0 fully saturated rings. The number of anilines is 3. The first-order valence-corrected chi connectivity index (χ1v) is 6.49. The lowest BCUT2D eigenvalue weighted by Crippen LogP contribution is -2.25. The number of carbonyl (C=O) groups is 1. The number of hydrogen-bond acceptors (Lipinski definition) is 6. The van der Waals surface area contributed by atoms with Crippen LogP contribution >= 0.6 is 0 Å². The highest BCUT2D eigenvalue weighted by molar-refractivity contribution is 5.97. The molecule has 0 aliphatic carbocycles. The van der Waals surface area contributed by atoms with Crippen molar-refractivity contribution in [2.45, 2.75) is 13.5 Å². The Morgan fingerprint density at radius 2 is 2.24 bits per heavy atom. The Morgan fingerprint density at radius 3 is 3.00 bits per heavy atom. The Bertz CT molecular complexity index is 685. The normalized spacial score (nSPS) is 13.1. The van der Waals surface area contributed by atoms with Gasteiger partial charge in [0.05, 0.1) is 41.2 Å². The number of carbonyl (C=O) groups excluding carboxylic acids is 1. The first-order chi connectivity index (χ1) is 10.1. The SMILES string of the molecule is Cc1cnc(CNc2cc3c(cc2N)OCC(=O)N3)cn1. The molecule has 7 heteroatoms. The van der Waals surface area contributed by atoms with E-state index in [2.05, 4.69) is 20.6 Å². The second-order valence-corrected chi connectivity index (χ2v) is 4.78. The third kappa shape index (κ3) is 2.86. The van der Waals surface area contributed by atoms with Gasteiger partial charge >= 0.3 is 0 Å². The van der Waals surface area contributed by atoms with Crippen LogP contribution in [0.5, 0.6) is 5.75 Å². The summed E-state index contributed by atoms with van der Waals surface area (Å²) in [7, 11) is 0. The lowest BCUT2D eigenvalue weighted by atomic mass is 10.2. The third-order valence-electron chi connectivity index (χ3n) is 3.08. The average Bonchev–Trinajstić information content (AvgIpc) is 2.47. The van der Waals surface area contributed by atoms with Crippen molar-refractivity contribution in [1.29, 1.82) is 0 Å². The topological polar surface area (TPSA) is 102 Å². The molecule has 108 valence electrons. The van der Waals surface area contributed by atoms with Crippen molar-refractivity contribution in [2.24, 2.45) is 0 Å². The van der Waals surface area contributed by atoms with Crippen molar-refractivity contribution >= 4 is 23.0 Å². The van der Waals surface area contributed by atoms with Crippen LogP contribution in [0.3, 0.4) is 0 Å². The molecule has 2 aromatic rings. The number of amides is 1. The van der Waals surface area contributed by atoms with Gasteiger partial charge in [0.15, 0.2) is 6.61 Å². The lowest BCUT2D eigenvalue weighted by molar-refractivity contribution is -0.118. The van der Waals surface area contributed by atoms with Crippen LogP contribution in [-0.2, 0) is 11.3 Å². The fourth-order valence-electron chi connectivity index (χ4n) is 1.99. The van der Waals surface area contributed by atoms with Crippen LogP contribution in [0.1, 0.15) is 11.4 Å². The highest BCUT2D eigenvalue weighted by Gasteiger charge is 2.17. The van der Waals surface area contributed by atoms with E-state index >= 15 is 0 Å². The predicted octanol–water partition coefficient (Wildman–Crippen LogP) is 1.31. The zero-order chi connectivity index (χ0) is 14.8. The van der Waals surface area contributed by atoms with Gasteiger partial charge in [0.25, 0.3) is 5.91 Å². The van der Waals surface area contributed by atoms with Crippen molar-refractivity contribution < 1.29 is 9.53 Å². The number of aryl methyl sites for hydroxylation is 1. The minimum atomic E-state index is -0.178. The molecule has 4 N–H and O–H groups in total. The van der Waals surface area contributed by atoms with E-state index in [1.165, 1.54) is 0 Å². The first kappa shape index (κ1) is 13.2. The number of benzene rings is 1. The minimum absolute atomic E-state index is 0.0121. The molecule has 1 aromatic carbocycles. The molecule has 0 radical (unpaired) electrons. The summed E-state index contributed by atoms with van der Waals surface area (Å²) in [5.74, 6) is 0.399. The van der Waals surface area contributed by atoms with Gasteiger partial charge in [-0.25, -0.2) is 0 Å². The van der Waals surface area contributed by atoms with Gasteiger partial charge in [0.2, 0.25) is 0 Å². The predicted molar refractivity (Wildman–Crippen MR) is 79.1 cm³/mol. The molecule has 2 heterocycles. The van der Waals surface area contributed by atoms with Crippen molar-refractivity contribution in [3.05, 3.63) is 35.9 Å². The van der Waals surface area contributed by atoms with Crippen LogP contribution in [0.4, 0.5) is 17.1 Å². The Hall–Kier alpha value is -2.83. The summed E-state index contributed by atoms with van der Waals surface area (Å²) < 4.78 is 5.31. The molecule has 1 aliphatic rings. The maximum absolute atomic E-state index is 11.3. The maximum atomic E-state index is 11.3. The van der Waals surface area contributed by atoms with E-state index in [9.17, 15) is 4.79 Å². The molecule has 0 atom stereocenters. The number of nitrogens with zero attached hydrogens (tertiary/aromatic N) is 2. The molecule has 21 heavy (non-hydrogen) atoms. The Kier molecular flexibility index (Phi) is 3.31. The number of ether oxygens (including phenoxy) is 1. The summed E-state index contributed by atoms with van der Waals surface area (Å²) in [5, 5.41) is 5.92. The summed E-state index contributed by atoms with van der Waals surface area (Å²) in [6.45, 7) is 2.39. The van der Waals surface area contributed by atoms with Gasteiger partial charge < -0.3 is 21.1 Å². The van der Waals surface area contributed by atoms with Gasteiger partial charge in [-0.05, 0) is 13.0 Å². The summed E-state index contributed by atoms with van der Waals surface area (Å²) in [6.07, 6.45) is 3.42. The maximum Gasteiger partial charge on any atom is 0.262 e. The summed E-state index contributed by atoms with van der Waals surface area (Å²) in [5.41, 5.74) is 9.51. The lowest BCUT2D eigenvalue weighted by Gasteiger charge is -2.20. The van der Waals surface area contributed by atoms with Crippen LogP contribution < -0.4 is 21.1 Å². The van der Waals surface area contributed by atoms with Gasteiger partial charge in [0.1, 0.15) is 5.75 Å². The smallest absolute Gasteiger partial charge is 0.262 e. The number of fused-ring (bicyclic) bond motifs is 1. The van der Waals surface area contributed by atoms with E-state index < -0.39 is 0 Å². The molecule has 0 bridgehead atoms. The number of nitrogen functional groups attached to an aromatic ring is 1. The molecule has 1 amide bonds. The number of aromatic nitrogens is 2. The van der Waals surface area contributed by atoms with Gasteiger partial charge in [-0.1, -0.05) is 0 Å². The van der Waals surface area contributed by atoms with E-state index in [1.807, 2.05) is 6.92 Å². The Balaban J connectivity index is 1.77. The van der Waals surface area contributed by atoms with E-state index in [0.717, 1.165) is 11.4 Å². The van der Waals surface area contributed by atoms with Crippen LogP contribution in [0.15, 0.2) is 24.5 Å². The van der Waals surface area contributed by atoms with E-state index in [4.69, 9.17) is 10.5 Å². The first-order valence-electron chi connectivity index (χ1n) is 6.49. The monoisotopic (exact) mass is 285 g/mol. The molecular formula is C14H15N5O2. The summed E-state index contributed by atoms with van der Waals surface area (Å²) >= 11 is 0. The Labute approximate surface area is 121 Å². The third-order valence-corrected chi connectivity index (χ3v) is 3.08. The molecule has 7 nitrogen and oxygen atoms in total. The fraction of sp³-hybridized carbons (Fsp3) is 0.214. The van der Waals surface area contributed by atoms with Crippen molar-refractivity contribution in [3.63, 3.8) is 0 Å². The molecule has 3 rings (SSSR count). The van der Waals surface area contributed by atoms with E-state index in [1.54, 1.807) is 24.5 Å². The summed E-state index contributed by atoms with van der Waals surface area (Å²) in [6, 6.07) is 3.45. The Morgan fingerprint density at radius 1 is 1.38 bits per heavy atom. The van der Waals surface area contributed by atoms with Gasteiger partial charge in [-0.2, -0.15) is 0 Å². The zero-order valence-corrected chi connectivity index (χ0v) is 11.5. The highest BCUT2D eigenvalue weighted by atomic mass is 16.5. The molecule has 1 aliphatic heterocycles. The van der Waals surface area contributed by atoms with Crippen LogP contribution in [0.25, 0.3) is 0 Å². The standard InChI is InChI=1S/C14H15N5O2/c1-8-4-17-9(5-16-8)6-18-11-3-12-13(2-10(11)15)21-7-14(20)19-12/h2-5,18H,6-7,15H2,1H3,(H,19,20). The average molecular weight is 285 g/mol. The van der Waals surface area contributed by atoms with Crippen molar-refractivity contribution in [1.82, 2.24) is 9.97 Å². The fourth-order valence-corrected chi connectivity index (χ4v) is 1.99. The molecule has 1 aromatic heterocycles. The summed E-state index contributed by atoms with van der Waals surface area (Å²) in [4.78, 5) is 19.8. The second-order valence-electron chi connectivity index (χ2n) is 4.78. The van der Waals surface area contributed by atoms with Crippen LogP contribution in [0, 0.1) is 6.92 Å². The molecule has 0 spiro atoms. The minimum Gasteiger partial charge on any atom is -0.482 e. The number of nitrogens with one attached hydrogen (secondary N) is 2. The molecule has 0 unspecified atom stereocenters. The number of nitrogens with two attached hydrogens (primary N) is 1. The molecule has 0 saturated carbocycles. The number of rotatable bonds is 3. The highest BCUT2D eigenvalue weighted by Crippen LogP contribution is 2.35. The van der Waals surface area contributed by atoms with Gasteiger partial charge in [-0.3, -0.25) is 14.8 Å². The molecular weight excluding hydrogens is 270 g/mol. The largest absolute Gasteiger partial charge is 0.482 e. The quantitative estimate of drug-likeness (QED) is 0.735. The number of hydrogen-bond donors (Lipinski definition) is 3. The van der Waals surface area contributed by atoms with Gasteiger partial charge in [-0.15, -0.1) is 0 Å². The van der Waals surface area contributed by atoms with Crippen molar-refractivity contribution in [2.75, 3.05) is 23.0 Å². The molecule has 0 saturated heterocycles. The van der Waals surface area contributed by atoms with E-state index in [-0.39, 0.29) is 12.5 Å². The van der Waals surface area contributed by atoms with E-state index in [0.29, 0.717) is 29.4 Å². The van der Waals surface area contributed by atoms with Crippen LogP contribution in [0.2, 0.25) is 0 Å². The van der Waals surface area contributed by atoms with Gasteiger partial charge in [0, 0.05) is 12.3 Å². The van der Waals surface area contributed by atoms with Crippen molar-refractivity contribution in [3.8, 4) is 5.75 Å². The zero-order valence-electron chi connectivity index (χ0n) is 11.5. The van der Waals surface area contributed by atoms with Crippen LogP contribution in [-0.4, -0.2) is 22.5 Å².